The van der Waals surface area contributed by atoms with Crippen LogP contribution in [0.5, 0.6) is 11.5 Å². The van der Waals surface area contributed by atoms with Crippen LogP contribution in [0, 0.1) is 5.92 Å². The number of nitrogens with zero attached hydrogens (tertiary/aromatic N) is 2. The lowest BCUT2D eigenvalue weighted by atomic mass is 9.96. The number of carbonyl (C=O) groups is 8. The Bertz CT molecular complexity index is 2170. The molecule has 8 amide bonds. The fraction of sp³-hybridized carbons (Fsp3) is 0.725. The van der Waals surface area contributed by atoms with Gasteiger partial charge in [-0.1, -0.05) is 97.0 Å². The molecule has 1 aromatic carbocycles. The average molecular weight is 1100 g/mol. The van der Waals surface area contributed by atoms with Crippen LogP contribution in [0.4, 0.5) is 0 Å². The van der Waals surface area contributed by atoms with Crippen LogP contribution in [0.1, 0.15) is 142 Å². The first-order chi connectivity index (χ1) is 36.4. The van der Waals surface area contributed by atoms with E-state index in [-0.39, 0.29) is 12.0 Å². The molecule has 15 atom stereocenters. The number of phenolic OH excluding ortho intramolecular Hbond substituents is 2. The zero-order chi connectivity index (χ0) is 57.3. The quantitative estimate of drug-likeness (QED) is 0.0404. The Hall–Kier alpha value is -5.74. The second-order valence-electron chi connectivity index (χ2n) is 20.8. The van der Waals surface area contributed by atoms with E-state index in [9.17, 15) is 89.4 Å². The van der Waals surface area contributed by atoms with Crippen molar-refractivity contribution in [2.45, 2.75) is 215 Å². The van der Waals surface area contributed by atoms with Crippen molar-refractivity contribution in [3.8, 4) is 11.5 Å². The van der Waals surface area contributed by atoms with Crippen molar-refractivity contribution in [1.29, 1.82) is 0 Å². The molecule has 26 heteroatoms. The summed E-state index contributed by atoms with van der Waals surface area (Å²) >= 11 is 0. The molecule has 26 nitrogen and oxygen atoms in total. The number of carbonyl (C=O) groups excluding carboxylic acids is 8. The number of fused-ring (bicyclic) bond motifs is 2. The number of hydrogen-bond donors (Lipinski definition) is 16. The van der Waals surface area contributed by atoms with Gasteiger partial charge in [-0.15, -0.1) is 0 Å². The molecule has 17 N–H and O–H groups in total. The van der Waals surface area contributed by atoms with Crippen molar-refractivity contribution in [1.82, 2.24) is 36.4 Å². The fourth-order valence-electron chi connectivity index (χ4n) is 9.90. The maximum absolute atomic E-state index is 14.5. The van der Waals surface area contributed by atoms with Crippen LogP contribution in [0.2, 0.25) is 0 Å². The van der Waals surface area contributed by atoms with Crippen molar-refractivity contribution in [3.63, 3.8) is 0 Å². The van der Waals surface area contributed by atoms with Crippen LogP contribution in [0.25, 0.3) is 0 Å². The first kappa shape index (κ1) is 63.8. The number of hydrogen-bond acceptors (Lipinski definition) is 18. The van der Waals surface area contributed by atoms with E-state index in [0.717, 1.165) is 62.1 Å². The highest BCUT2D eigenvalue weighted by Crippen LogP contribution is 2.31. The molecule has 77 heavy (non-hydrogen) atoms. The van der Waals surface area contributed by atoms with Crippen LogP contribution in [-0.2, 0) is 38.4 Å². The topological polar surface area (TPSA) is 432 Å². The van der Waals surface area contributed by atoms with Crippen LogP contribution in [0.3, 0.4) is 0 Å². The van der Waals surface area contributed by atoms with Crippen molar-refractivity contribution >= 4 is 47.3 Å². The summed E-state index contributed by atoms with van der Waals surface area (Å²) in [5, 5.41) is 121. The SMILES string of the molecule is CCCCCCCCCCCCCCCC(=O)NC1CC(O)C(O)NC(=O)C2C(O)C(C)CN2C(=O)C(C(O)CC(N)=O)NC(=O)C(C(O)C(O)c2ccc(O)c(O)c2)NC(=O)C2CC(O)CN2C(=O)C(C(C)O)NC1=O. The third-order valence-electron chi connectivity index (χ3n) is 14.4. The molecule has 0 saturated carbocycles. The molecule has 0 spiro atoms. The third-order valence-corrected chi connectivity index (χ3v) is 14.4. The molecule has 3 aliphatic rings. The van der Waals surface area contributed by atoms with E-state index in [0.29, 0.717) is 17.7 Å². The Morgan fingerprint density at radius 2 is 1.25 bits per heavy atom. The Kier molecular flexibility index (Phi) is 25.2. The van der Waals surface area contributed by atoms with Gasteiger partial charge in [-0.3, -0.25) is 38.4 Å². The summed E-state index contributed by atoms with van der Waals surface area (Å²) in [4.78, 5) is 113. The number of primary amides is 1. The van der Waals surface area contributed by atoms with Crippen molar-refractivity contribution in [2.24, 2.45) is 11.7 Å². The van der Waals surface area contributed by atoms with Gasteiger partial charge in [0.25, 0.3) is 0 Å². The Balaban J connectivity index is 1.70. The van der Waals surface area contributed by atoms with E-state index < -0.39 is 182 Å². The number of nitrogens with two attached hydrogens (primary N) is 1. The van der Waals surface area contributed by atoms with Gasteiger partial charge in [-0.25, -0.2) is 0 Å². The molecule has 434 valence electrons. The van der Waals surface area contributed by atoms with Gasteiger partial charge < -0.3 is 93.2 Å². The molecular weight excluding hydrogens is 1010 g/mol. The molecule has 3 saturated heterocycles. The summed E-state index contributed by atoms with van der Waals surface area (Å²) in [5.74, 6) is -12.3. The van der Waals surface area contributed by atoms with Gasteiger partial charge in [0.2, 0.25) is 47.3 Å². The Morgan fingerprint density at radius 3 is 1.82 bits per heavy atom. The standard InChI is InChI=1S/C51H82N8O18/c1-4-5-6-7-8-9-10-11-12-13-14-15-16-17-37(67)53-30-22-35(65)47(73)57-49(75)41-42(68)26(2)24-59(41)51(77)39(34(64)23-36(52)66)55-48(74)40(44(70)43(69)28-18-19-32(62)33(63)20-28)56-46(72)31-21-29(61)25-58(31)50(76)38(27(3)60)54-45(30)71/h18-20,26-27,29-31,34-35,38-44,47,60-65,68-70,73H,4-17,21-25H2,1-3H3,(H2,52,66)(H,53,67)(H,54,71)(H,55,74)(H,56,72)(H,57,75). The van der Waals surface area contributed by atoms with E-state index in [1.54, 1.807) is 0 Å². The molecule has 4 rings (SSSR count). The number of rotatable bonds is 22. The zero-order valence-corrected chi connectivity index (χ0v) is 44.0. The van der Waals surface area contributed by atoms with Crippen LogP contribution in [-0.4, -0.2) is 200 Å². The second-order valence-corrected chi connectivity index (χ2v) is 20.8. The van der Waals surface area contributed by atoms with Crippen molar-refractivity contribution < 1.29 is 89.4 Å². The minimum atomic E-state index is -2.48. The molecule has 0 radical (unpaired) electrons. The lowest BCUT2D eigenvalue weighted by molar-refractivity contribution is -0.149. The van der Waals surface area contributed by atoms with Crippen molar-refractivity contribution in [3.05, 3.63) is 23.8 Å². The highest BCUT2D eigenvalue weighted by Gasteiger charge is 2.50. The predicted molar refractivity (Wildman–Crippen MR) is 272 cm³/mol. The molecule has 0 aliphatic carbocycles. The van der Waals surface area contributed by atoms with E-state index in [4.69, 9.17) is 5.73 Å². The highest BCUT2D eigenvalue weighted by molar-refractivity contribution is 5.98. The van der Waals surface area contributed by atoms with E-state index in [1.807, 2.05) is 0 Å². The predicted octanol–water partition coefficient (Wildman–Crippen LogP) is -3.10. The number of aromatic hydroxyl groups is 2. The van der Waals surface area contributed by atoms with Gasteiger partial charge in [-0.05, 0) is 31.0 Å². The molecule has 3 fully saturated rings. The molecular formula is C51H82N8O18. The van der Waals surface area contributed by atoms with Gasteiger partial charge in [-0.2, -0.15) is 0 Å². The number of aliphatic hydroxyl groups excluding tert-OH is 8. The summed E-state index contributed by atoms with van der Waals surface area (Å²) in [5.41, 5.74) is 4.99. The molecule has 3 aliphatic heterocycles. The number of nitrogens with one attached hydrogen (secondary N) is 5. The van der Waals surface area contributed by atoms with Crippen LogP contribution >= 0.6 is 0 Å². The summed E-state index contributed by atoms with van der Waals surface area (Å²) in [6.07, 6.45) is -5.35. The van der Waals surface area contributed by atoms with Crippen molar-refractivity contribution in [2.75, 3.05) is 13.1 Å². The third kappa shape index (κ3) is 18.2. The lowest BCUT2D eigenvalue weighted by Crippen LogP contribution is -2.64. The maximum atomic E-state index is 14.5. The van der Waals surface area contributed by atoms with E-state index in [1.165, 1.54) is 45.4 Å². The Morgan fingerprint density at radius 1 is 0.688 bits per heavy atom. The van der Waals surface area contributed by atoms with Gasteiger partial charge in [0, 0.05) is 38.3 Å². The number of phenols is 2. The minimum Gasteiger partial charge on any atom is -0.504 e. The van der Waals surface area contributed by atoms with E-state index >= 15 is 0 Å². The largest absolute Gasteiger partial charge is 0.504 e. The number of benzene rings is 1. The number of aliphatic hydroxyl groups is 8. The number of amides is 8. The fourth-order valence-corrected chi connectivity index (χ4v) is 9.90. The summed E-state index contributed by atoms with van der Waals surface area (Å²) in [6, 6.07) is -9.49. The monoisotopic (exact) mass is 1090 g/mol. The lowest BCUT2D eigenvalue weighted by Gasteiger charge is -2.34. The number of unbranched alkanes of at least 4 members (excludes halogenated alkanes) is 12. The first-order valence-corrected chi connectivity index (χ1v) is 26.7. The molecule has 3 heterocycles. The van der Waals surface area contributed by atoms with Crippen LogP contribution in [0.15, 0.2) is 18.2 Å². The first-order valence-electron chi connectivity index (χ1n) is 26.7. The van der Waals surface area contributed by atoms with Gasteiger partial charge in [0.05, 0.1) is 30.8 Å². The van der Waals surface area contributed by atoms with E-state index in [2.05, 4.69) is 33.5 Å². The van der Waals surface area contributed by atoms with Gasteiger partial charge in [0.15, 0.2) is 17.7 Å². The van der Waals surface area contributed by atoms with Gasteiger partial charge in [0.1, 0.15) is 54.6 Å². The summed E-state index contributed by atoms with van der Waals surface area (Å²) in [7, 11) is 0. The average Bonchev–Trinajstić information content (AvgIpc) is 3.92. The normalized spacial score (nSPS) is 28.7. The highest BCUT2D eigenvalue weighted by atomic mass is 16.3. The second kappa shape index (κ2) is 30.4. The maximum Gasteiger partial charge on any atom is 0.248 e. The minimum absolute atomic E-state index is 0.0869. The summed E-state index contributed by atoms with van der Waals surface area (Å²) < 4.78 is 0. The summed E-state index contributed by atoms with van der Waals surface area (Å²) in [6.45, 7) is 3.58. The molecule has 1 aromatic rings. The van der Waals surface area contributed by atoms with Gasteiger partial charge >= 0.3 is 0 Å². The zero-order valence-electron chi connectivity index (χ0n) is 44.0. The van der Waals surface area contributed by atoms with Crippen LogP contribution < -0.4 is 32.3 Å². The Labute approximate surface area is 447 Å². The smallest absolute Gasteiger partial charge is 0.248 e. The molecule has 0 aromatic heterocycles. The molecule has 0 bridgehead atoms. The molecule has 15 unspecified atom stereocenters.